The Kier molecular flexibility index (Phi) is 8.57. The highest BCUT2D eigenvalue weighted by Gasteiger charge is 2.30. The van der Waals surface area contributed by atoms with E-state index in [1.165, 1.54) is 0 Å². The number of hydrogen-bond donors (Lipinski definition) is 1. The van der Waals surface area contributed by atoms with Gasteiger partial charge in [0, 0.05) is 37.9 Å². The molecule has 152 valence electrons. The molecule has 0 bridgehead atoms. The minimum atomic E-state index is -0.0829. The van der Waals surface area contributed by atoms with Crippen molar-refractivity contribution in [2.24, 2.45) is 0 Å². The van der Waals surface area contributed by atoms with Crippen molar-refractivity contribution in [2.75, 3.05) is 47.1 Å². The van der Waals surface area contributed by atoms with E-state index in [-0.39, 0.29) is 24.4 Å². The Morgan fingerprint density at radius 1 is 1.14 bits per heavy atom. The first kappa shape index (κ1) is 22.0. The van der Waals surface area contributed by atoms with Gasteiger partial charge in [0.15, 0.2) is 0 Å². The van der Waals surface area contributed by atoms with Crippen molar-refractivity contribution in [2.45, 2.75) is 6.04 Å². The van der Waals surface area contributed by atoms with Crippen LogP contribution in [0.2, 0.25) is 0 Å². The molecular weight excluding hydrogens is 380 g/mol. The Morgan fingerprint density at radius 3 is 2.75 bits per heavy atom. The lowest BCUT2D eigenvalue weighted by Crippen LogP contribution is -2.48. The molecule has 1 unspecified atom stereocenters. The van der Waals surface area contributed by atoms with Gasteiger partial charge in [-0.25, -0.2) is 0 Å². The summed E-state index contributed by atoms with van der Waals surface area (Å²) in [4.78, 5) is 15.1. The van der Waals surface area contributed by atoms with Gasteiger partial charge in [0.25, 0.3) is 5.91 Å². The lowest BCUT2D eigenvalue weighted by Gasteiger charge is -2.37. The average molecular weight is 407 g/mol. The van der Waals surface area contributed by atoms with E-state index in [0.717, 1.165) is 17.9 Å². The number of methoxy groups -OCH3 is 2. The third-order valence-corrected chi connectivity index (χ3v) is 4.64. The van der Waals surface area contributed by atoms with Crippen LogP contribution >= 0.6 is 12.4 Å². The summed E-state index contributed by atoms with van der Waals surface area (Å²) < 4.78 is 16.2. The summed E-state index contributed by atoms with van der Waals surface area (Å²) in [6.07, 6.45) is 0. The van der Waals surface area contributed by atoms with Gasteiger partial charge in [0.1, 0.15) is 18.1 Å². The van der Waals surface area contributed by atoms with Gasteiger partial charge in [-0.15, -0.1) is 12.4 Å². The Hall–Kier alpha value is -2.28. The van der Waals surface area contributed by atoms with Crippen molar-refractivity contribution in [3.8, 4) is 11.5 Å². The van der Waals surface area contributed by atoms with Crippen molar-refractivity contribution < 1.29 is 19.0 Å². The van der Waals surface area contributed by atoms with E-state index in [1.807, 2.05) is 47.4 Å². The summed E-state index contributed by atoms with van der Waals surface area (Å²) in [7, 11) is 3.29. The molecule has 6 nitrogen and oxygen atoms in total. The number of nitrogens with one attached hydrogen (secondary N) is 1. The Balaban J connectivity index is 0.00000280. The summed E-state index contributed by atoms with van der Waals surface area (Å²) in [5, 5.41) is 3.38. The molecule has 1 aliphatic heterocycles. The topological polar surface area (TPSA) is 60.0 Å². The van der Waals surface area contributed by atoms with Crippen LogP contribution in [-0.2, 0) is 4.74 Å². The Bertz CT molecular complexity index is 772. The molecule has 28 heavy (non-hydrogen) atoms. The number of para-hydroxylation sites is 1. The molecule has 1 saturated heterocycles. The fourth-order valence-corrected chi connectivity index (χ4v) is 3.29. The molecule has 1 atom stereocenters. The highest BCUT2D eigenvalue weighted by atomic mass is 35.5. The van der Waals surface area contributed by atoms with E-state index in [4.69, 9.17) is 14.2 Å². The molecule has 1 heterocycles. The number of piperazine rings is 1. The first-order valence-corrected chi connectivity index (χ1v) is 9.11. The molecule has 1 aliphatic rings. The number of nitrogens with zero attached hydrogens (tertiary/aromatic N) is 1. The van der Waals surface area contributed by atoms with Gasteiger partial charge in [0.05, 0.1) is 19.8 Å². The van der Waals surface area contributed by atoms with E-state index >= 15 is 0 Å². The Morgan fingerprint density at radius 2 is 1.96 bits per heavy atom. The molecule has 7 heteroatoms. The monoisotopic (exact) mass is 406 g/mol. The summed E-state index contributed by atoms with van der Waals surface area (Å²) in [5.74, 6) is 1.45. The van der Waals surface area contributed by atoms with E-state index in [9.17, 15) is 4.79 Å². The zero-order valence-electron chi connectivity index (χ0n) is 16.2. The number of carbonyl (C=O) groups is 1. The molecule has 0 aliphatic carbocycles. The maximum atomic E-state index is 13.2. The van der Waals surface area contributed by atoms with Crippen LogP contribution in [0.1, 0.15) is 22.0 Å². The third kappa shape index (κ3) is 5.16. The molecule has 2 aromatic carbocycles. The number of hydrogen-bond acceptors (Lipinski definition) is 5. The van der Waals surface area contributed by atoms with E-state index < -0.39 is 0 Å². The SMILES string of the molecule is COCCOc1cccc(C(=O)N2CCNCC2c2ccccc2OC)c1.Cl. The third-order valence-electron chi connectivity index (χ3n) is 4.64. The molecule has 3 rings (SSSR count). The first-order chi connectivity index (χ1) is 13.2. The lowest BCUT2D eigenvalue weighted by molar-refractivity contribution is 0.0631. The van der Waals surface area contributed by atoms with E-state index in [0.29, 0.717) is 37.6 Å². The fourth-order valence-electron chi connectivity index (χ4n) is 3.29. The predicted octanol–water partition coefficient (Wildman–Crippen LogP) is 2.93. The lowest BCUT2D eigenvalue weighted by atomic mass is 10.0. The second-order valence-electron chi connectivity index (χ2n) is 6.33. The highest BCUT2D eigenvalue weighted by Crippen LogP contribution is 2.31. The average Bonchev–Trinajstić information content (AvgIpc) is 2.73. The molecule has 0 radical (unpaired) electrons. The predicted molar refractivity (Wildman–Crippen MR) is 111 cm³/mol. The fraction of sp³-hybridized carbons (Fsp3) is 0.381. The van der Waals surface area contributed by atoms with Crippen molar-refractivity contribution in [3.63, 3.8) is 0 Å². The zero-order valence-corrected chi connectivity index (χ0v) is 17.0. The second kappa shape index (κ2) is 10.9. The van der Waals surface area contributed by atoms with Crippen LogP contribution in [0.5, 0.6) is 11.5 Å². The molecule has 0 saturated carbocycles. The highest BCUT2D eigenvalue weighted by molar-refractivity contribution is 5.95. The quantitative estimate of drug-likeness (QED) is 0.716. The van der Waals surface area contributed by atoms with Crippen LogP contribution in [0.25, 0.3) is 0 Å². The summed E-state index contributed by atoms with van der Waals surface area (Å²) in [6, 6.07) is 15.1. The number of carbonyl (C=O) groups excluding carboxylic acids is 1. The molecule has 1 amide bonds. The number of ether oxygens (including phenoxy) is 3. The summed E-state index contributed by atoms with van der Waals surface area (Å²) >= 11 is 0. The largest absolute Gasteiger partial charge is 0.496 e. The van der Waals surface area contributed by atoms with Crippen LogP contribution < -0.4 is 14.8 Å². The van der Waals surface area contributed by atoms with Crippen LogP contribution in [0.15, 0.2) is 48.5 Å². The Labute approximate surface area is 172 Å². The molecular formula is C21H27ClN2O4. The summed E-state index contributed by atoms with van der Waals surface area (Å²) in [6.45, 7) is 3.05. The second-order valence-corrected chi connectivity index (χ2v) is 6.33. The minimum Gasteiger partial charge on any atom is -0.496 e. The van der Waals surface area contributed by atoms with Gasteiger partial charge in [-0.1, -0.05) is 24.3 Å². The number of amides is 1. The van der Waals surface area contributed by atoms with Gasteiger partial charge in [0.2, 0.25) is 0 Å². The number of benzene rings is 2. The molecule has 1 fully saturated rings. The normalized spacial score (nSPS) is 16.2. The van der Waals surface area contributed by atoms with Crippen molar-refractivity contribution in [1.29, 1.82) is 0 Å². The molecule has 0 aromatic heterocycles. The zero-order chi connectivity index (χ0) is 19.1. The van der Waals surface area contributed by atoms with Gasteiger partial charge in [-0.3, -0.25) is 4.79 Å². The maximum Gasteiger partial charge on any atom is 0.254 e. The van der Waals surface area contributed by atoms with Crippen molar-refractivity contribution in [3.05, 3.63) is 59.7 Å². The first-order valence-electron chi connectivity index (χ1n) is 9.11. The van der Waals surface area contributed by atoms with Gasteiger partial charge in [-0.2, -0.15) is 0 Å². The number of halogens is 1. The van der Waals surface area contributed by atoms with Gasteiger partial charge >= 0.3 is 0 Å². The molecule has 2 aromatic rings. The van der Waals surface area contributed by atoms with Crippen molar-refractivity contribution >= 4 is 18.3 Å². The van der Waals surface area contributed by atoms with Gasteiger partial charge in [-0.05, 0) is 24.3 Å². The van der Waals surface area contributed by atoms with Crippen LogP contribution in [0.3, 0.4) is 0 Å². The number of rotatable bonds is 7. The van der Waals surface area contributed by atoms with Crippen molar-refractivity contribution in [1.82, 2.24) is 10.2 Å². The van der Waals surface area contributed by atoms with Crippen LogP contribution in [-0.4, -0.2) is 57.9 Å². The summed E-state index contributed by atoms with van der Waals surface area (Å²) in [5.41, 5.74) is 1.62. The van der Waals surface area contributed by atoms with Crippen LogP contribution in [0.4, 0.5) is 0 Å². The standard InChI is InChI=1S/C21H26N2O4.ClH/c1-25-12-13-27-17-7-5-6-16(14-17)21(24)23-11-10-22-15-19(23)18-8-3-4-9-20(18)26-2;/h3-9,14,19,22H,10-13,15H2,1-2H3;1H. The molecule has 0 spiro atoms. The van der Waals surface area contributed by atoms with E-state index in [2.05, 4.69) is 5.32 Å². The maximum absolute atomic E-state index is 13.2. The smallest absolute Gasteiger partial charge is 0.254 e. The van der Waals surface area contributed by atoms with E-state index in [1.54, 1.807) is 20.3 Å². The molecule has 1 N–H and O–H groups in total. The minimum absolute atomic E-state index is 0. The van der Waals surface area contributed by atoms with Gasteiger partial charge < -0.3 is 24.4 Å². The van der Waals surface area contributed by atoms with Crippen LogP contribution in [0, 0.1) is 0 Å².